The maximum Gasteiger partial charge on any atom is 0.0951 e. The molecular weight excluding hydrogens is 258 g/mol. The van der Waals surface area contributed by atoms with Gasteiger partial charge in [-0.25, -0.2) is 0 Å². The van der Waals surface area contributed by atoms with Crippen molar-refractivity contribution in [2.75, 3.05) is 11.1 Å². The highest BCUT2D eigenvalue weighted by atomic mass is 14.9. The molecule has 0 fully saturated rings. The topological polar surface area (TPSA) is 50.9 Å². The fourth-order valence-electron chi connectivity index (χ4n) is 2.51. The number of aromatic nitrogens is 1. The lowest BCUT2D eigenvalue weighted by atomic mass is 10.1. The summed E-state index contributed by atoms with van der Waals surface area (Å²) in [4.78, 5) is 4.36. The number of anilines is 3. The van der Waals surface area contributed by atoms with E-state index in [0.717, 1.165) is 28.7 Å². The number of hydrogen-bond acceptors (Lipinski definition) is 3. The zero-order chi connectivity index (χ0) is 14.7. The third-order valence-corrected chi connectivity index (χ3v) is 3.57. The fourth-order valence-corrected chi connectivity index (χ4v) is 2.51. The average Bonchev–Trinajstić information content (AvgIpc) is 2.51. The van der Waals surface area contributed by atoms with Gasteiger partial charge in [0.05, 0.1) is 11.2 Å². The van der Waals surface area contributed by atoms with Crippen molar-refractivity contribution in [3.63, 3.8) is 0 Å². The molecule has 1 aromatic heterocycles. The Labute approximate surface area is 124 Å². The number of rotatable bonds is 4. The molecule has 3 nitrogen and oxygen atoms in total. The number of hydrogen-bond donors (Lipinski definition) is 2. The summed E-state index contributed by atoms with van der Waals surface area (Å²) in [6, 6.07) is 16.4. The van der Waals surface area contributed by atoms with Crippen molar-refractivity contribution in [3.05, 3.63) is 60.3 Å². The van der Waals surface area contributed by atoms with Crippen molar-refractivity contribution in [1.82, 2.24) is 4.98 Å². The Balaban J connectivity index is 1.93. The van der Waals surface area contributed by atoms with Gasteiger partial charge in [-0.2, -0.15) is 0 Å². The number of benzene rings is 2. The van der Waals surface area contributed by atoms with Crippen molar-refractivity contribution < 1.29 is 0 Å². The zero-order valence-electron chi connectivity index (χ0n) is 12.1. The van der Waals surface area contributed by atoms with Crippen LogP contribution in [0.15, 0.2) is 54.7 Å². The van der Waals surface area contributed by atoms with Crippen molar-refractivity contribution in [1.29, 1.82) is 0 Å². The molecule has 2 aromatic carbocycles. The number of nitrogens with zero attached hydrogens (tertiary/aromatic N) is 1. The van der Waals surface area contributed by atoms with Gasteiger partial charge in [0.1, 0.15) is 0 Å². The van der Waals surface area contributed by atoms with E-state index in [0.29, 0.717) is 5.69 Å². The van der Waals surface area contributed by atoms with Crippen LogP contribution in [0.5, 0.6) is 0 Å². The lowest BCUT2D eigenvalue weighted by Crippen LogP contribution is -1.95. The van der Waals surface area contributed by atoms with E-state index in [2.05, 4.69) is 41.5 Å². The fraction of sp³-hybridized carbons (Fsp3) is 0.167. The quantitative estimate of drug-likeness (QED) is 0.690. The Kier molecular flexibility index (Phi) is 3.73. The summed E-state index contributed by atoms with van der Waals surface area (Å²) in [5.74, 6) is 0. The van der Waals surface area contributed by atoms with Crippen molar-refractivity contribution in [2.24, 2.45) is 0 Å². The monoisotopic (exact) mass is 277 g/mol. The molecule has 0 amide bonds. The second-order valence-corrected chi connectivity index (χ2v) is 5.17. The van der Waals surface area contributed by atoms with Crippen LogP contribution >= 0.6 is 0 Å². The Morgan fingerprint density at radius 3 is 2.62 bits per heavy atom. The number of nitrogens with one attached hydrogen (secondary N) is 1. The highest BCUT2D eigenvalue weighted by Crippen LogP contribution is 2.28. The van der Waals surface area contributed by atoms with Gasteiger partial charge in [-0.15, -0.1) is 0 Å². The average molecular weight is 277 g/mol. The number of para-hydroxylation sites is 1. The second kappa shape index (κ2) is 5.83. The van der Waals surface area contributed by atoms with Crippen molar-refractivity contribution >= 4 is 28.0 Å². The summed E-state index contributed by atoms with van der Waals surface area (Å²) in [6.45, 7) is 2.19. The molecule has 0 atom stereocenters. The molecule has 0 bridgehead atoms. The van der Waals surface area contributed by atoms with Crippen LogP contribution in [-0.4, -0.2) is 4.98 Å². The van der Waals surface area contributed by atoms with E-state index in [-0.39, 0.29) is 0 Å². The third kappa shape index (κ3) is 2.82. The molecule has 0 saturated carbocycles. The Hall–Kier alpha value is -2.55. The van der Waals surface area contributed by atoms with E-state index in [9.17, 15) is 0 Å². The molecule has 1 heterocycles. The molecule has 0 spiro atoms. The summed E-state index contributed by atoms with van der Waals surface area (Å²) >= 11 is 0. The predicted octanol–water partition coefficient (Wildman–Crippen LogP) is 4.51. The normalized spacial score (nSPS) is 10.7. The molecule has 0 aliphatic heterocycles. The summed E-state index contributed by atoms with van der Waals surface area (Å²) < 4.78 is 0. The van der Waals surface area contributed by atoms with E-state index < -0.39 is 0 Å². The molecule has 0 aliphatic carbocycles. The minimum Gasteiger partial charge on any atom is -0.397 e. The molecule has 3 aromatic rings. The van der Waals surface area contributed by atoms with Crippen LogP contribution in [0.1, 0.15) is 18.9 Å². The second-order valence-electron chi connectivity index (χ2n) is 5.17. The molecule has 106 valence electrons. The van der Waals surface area contributed by atoms with Crippen molar-refractivity contribution in [2.45, 2.75) is 19.8 Å². The van der Waals surface area contributed by atoms with Crippen LogP contribution in [0, 0.1) is 0 Å². The van der Waals surface area contributed by atoms with Gasteiger partial charge in [-0.3, -0.25) is 4.98 Å². The van der Waals surface area contributed by atoms with Gasteiger partial charge in [0.15, 0.2) is 0 Å². The SMILES string of the molecule is CCCc1ccc(Nc2ccnc3c(N)cccc23)cc1. The van der Waals surface area contributed by atoms with Crippen LogP contribution in [0.4, 0.5) is 17.1 Å². The number of pyridine rings is 1. The zero-order valence-corrected chi connectivity index (χ0v) is 12.1. The summed E-state index contributed by atoms with van der Waals surface area (Å²) in [6.07, 6.45) is 4.07. The molecule has 0 aliphatic rings. The third-order valence-electron chi connectivity index (χ3n) is 3.57. The number of aryl methyl sites for hydroxylation is 1. The molecule has 0 saturated heterocycles. The first-order chi connectivity index (χ1) is 10.3. The Morgan fingerprint density at radius 1 is 1.05 bits per heavy atom. The summed E-state index contributed by atoms with van der Waals surface area (Å²) in [7, 11) is 0. The van der Waals surface area contributed by atoms with Crippen LogP contribution in [0.2, 0.25) is 0 Å². The maximum absolute atomic E-state index is 5.98. The molecule has 3 rings (SSSR count). The van der Waals surface area contributed by atoms with Crippen molar-refractivity contribution in [3.8, 4) is 0 Å². The van der Waals surface area contributed by atoms with E-state index in [1.807, 2.05) is 24.3 Å². The van der Waals surface area contributed by atoms with E-state index in [1.165, 1.54) is 12.0 Å². The largest absolute Gasteiger partial charge is 0.397 e. The van der Waals surface area contributed by atoms with Gasteiger partial charge in [0, 0.05) is 23.0 Å². The van der Waals surface area contributed by atoms with Gasteiger partial charge >= 0.3 is 0 Å². The predicted molar refractivity (Wildman–Crippen MR) is 89.9 cm³/mol. The first kappa shape index (κ1) is 13.4. The van der Waals surface area contributed by atoms with Gasteiger partial charge in [-0.05, 0) is 36.2 Å². The van der Waals surface area contributed by atoms with Crippen LogP contribution in [0.25, 0.3) is 10.9 Å². The van der Waals surface area contributed by atoms with Gasteiger partial charge < -0.3 is 11.1 Å². The van der Waals surface area contributed by atoms with Crippen LogP contribution < -0.4 is 11.1 Å². The molecule has 21 heavy (non-hydrogen) atoms. The number of nitrogen functional groups attached to an aromatic ring is 1. The highest BCUT2D eigenvalue weighted by Gasteiger charge is 2.04. The van der Waals surface area contributed by atoms with E-state index in [4.69, 9.17) is 5.73 Å². The van der Waals surface area contributed by atoms with E-state index >= 15 is 0 Å². The lowest BCUT2D eigenvalue weighted by molar-refractivity contribution is 0.922. The summed E-state index contributed by atoms with van der Waals surface area (Å²) in [5, 5.41) is 4.49. The van der Waals surface area contributed by atoms with Crippen LogP contribution in [-0.2, 0) is 6.42 Å². The molecule has 0 unspecified atom stereocenters. The minimum atomic E-state index is 0.703. The molecule has 3 N–H and O–H groups in total. The molecular formula is C18H19N3. The van der Waals surface area contributed by atoms with Gasteiger partial charge in [0.25, 0.3) is 0 Å². The minimum absolute atomic E-state index is 0.703. The Morgan fingerprint density at radius 2 is 1.86 bits per heavy atom. The standard InChI is InChI=1S/C18H19N3/c1-2-4-13-7-9-14(10-8-13)21-17-11-12-20-18-15(17)5-3-6-16(18)19/h3,5-12H,2,4,19H2,1H3,(H,20,21). The first-order valence-electron chi connectivity index (χ1n) is 7.27. The lowest BCUT2D eigenvalue weighted by Gasteiger charge is -2.11. The summed E-state index contributed by atoms with van der Waals surface area (Å²) in [5.41, 5.74) is 11.0. The van der Waals surface area contributed by atoms with Gasteiger partial charge in [0.2, 0.25) is 0 Å². The van der Waals surface area contributed by atoms with Gasteiger partial charge in [-0.1, -0.05) is 37.6 Å². The van der Waals surface area contributed by atoms with E-state index in [1.54, 1.807) is 6.20 Å². The Bertz CT molecular complexity index is 748. The first-order valence-corrected chi connectivity index (χ1v) is 7.27. The number of fused-ring (bicyclic) bond motifs is 1. The number of nitrogens with two attached hydrogens (primary N) is 1. The highest BCUT2D eigenvalue weighted by molar-refractivity contribution is 5.98. The van der Waals surface area contributed by atoms with Crippen LogP contribution in [0.3, 0.4) is 0 Å². The molecule has 0 radical (unpaired) electrons. The molecule has 3 heteroatoms. The maximum atomic E-state index is 5.98. The smallest absolute Gasteiger partial charge is 0.0951 e.